The SMILES string of the molecule is CCOC(=O)CC(O)(CC(=O)O)C(=O)O.N. The molecule has 0 fully saturated rings. The molecule has 8 nitrogen and oxygen atoms in total. The van der Waals surface area contributed by atoms with Crippen molar-refractivity contribution in [3.8, 4) is 0 Å². The number of carbonyl (C=O) groups is 3. The molecule has 8 heteroatoms. The first-order chi connectivity index (χ1) is 6.81. The highest BCUT2D eigenvalue weighted by molar-refractivity contribution is 5.88. The Labute approximate surface area is 91.4 Å². The quantitative estimate of drug-likeness (QED) is 0.445. The Bertz CT molecular complexity index is 278. The predicted molar refractivity (Wildman–Crippen MR) is 51.1 cm³/mol. The molecule has 0 aliphatic heterocycles. The van der Waals surface area contributed by atoms with Crippen molar-refractivity contribution in [3.05, 3.63) is 0 Å². The maximum atomic E-state index is 10.9. The first-order valence-electron chi connectivity index (χ1n) is 4.15. The number of rotatable bonds is 6. The maximum Gasteiger partial charge on any atom is 0.336 e. The number of carboxylic acid groups (broad SMARTS) is 2. The number of carboxylic acids is 2. The highest BCUT2D eigenvalue weighted by Crippen LogP contribution is 2.16. The van der Waals surface area contributed by atoms with Gasteiger partial charge in [-0.2, -0.15) is 0 Å². The summed E-state index contributed by atoms with van der Waals surface area (Å²) in [5, 5.41) is 26.3. The van der Waals surface area contributed by atoms with Crippen molar-refractivity contribution in [1.29, 1.82) is 0 Å². The molecule has 0 aromatic heterocycles. The van der Waals surface area contributed by atoms with Crippen LogP contribution in [-0.4, -0.2) is 45.4 Å². The minimum atomic E-state index is -2.61. The van der Waals surface area contributed by atoms with Crippen LogP contribution in [0.15, 0.2) is 0 Å². The normalized spacial score (nSPS) is 13.1. The molecule has 0 aromatic rings. The van der Waals surface area contributed by atoms with E-state index in [1.165, 1.54) is 6.92 Å². The van der Waals surface area contributed by atoms with Gasteiger partial charge < -0.3 is 26.2 Å². The highest BCUT2D eigenvalue weighted by atomic mass is 16.5. The van der Waals surface area contributed by atoms with Gasteiger partial charge in [-0.3, -0.25) is 9.59 Å². The number of aliphatic hydroxyl groups is 1. The Kier molecular flexibility index (Phi) is 7.06. The summed E-state index contributed by atoms with van der Waals surface area (Å²) in [4.78, 5) is 31.8. The van der Waals surface area contributed by atoms with Crippen LogP contribution in [0.1, 0.15) is 19.8 Å². The lowest BCUT2D eigenvalue weighted by atomic mass is 9.96. The van der Waals surface area contributed by atoms with Crippen molar-refractivity contribution >= 4 is 17.9 Å². The standard InChI is InChI=1S/C8H12O7.H3N/c1-2-15-6(11)4-8(14,7(12)13)3-5(9)10;/h14H,2-4H2,1H3,(H,9,10)(H,12,13);1H3. The molecular formula is C8H15NO7. The van der Waals surface area contributed by atoms with Crippen LogP contribution in [0.4, 0.5) is 0 Å². The number of hydrogen-bond donors (Lipinski definition) is 4. The molecule has 0 spiro atoms. The van der Waals surface area contributed by atoms with Gasteiger partial charge in [0.25, 0.3) is 0 Å². The fourth-order valence-corrected chi connectivity index (χ4v) is 0.915. The van der Waals surface area contributed by atoms with Crippen LogP contribution in [0.25, 0.3) is 0 Å². The lowest BCUT2D eigenvalue weighted by Crippen LogP contribution is -2.43. The summed E-state index contributed by atoms with van der Waals surface area (Å²) in [5.41, 5.74) is -2.61. The number of carbonyl (C=O) groups excluding carboxylic acids is 1. The summed E-state index contributed by atoms with van der Waals surface area (Å²) in [6.07, 6.45) is -1.94. The van der Waals surface area contributed by atoms with Crippen LogP contribution < -0.4 is 6.15 Å². The van der Waals surface area contributed by atoms with Crippen molar-refractivity contribution in [2.24, 2.45) is 0 Å². The van der Waals surface area contributed by atoms with Crippen LogP contribution in [-0.2, 0) is 19.1 Å². The lowest BCUT2D eigenvalue weighted by Gasteiger charge is -2.19. The van der Waals surface area contributed by atoms with E-state index in [-0.39, 0.29) is 12.8 Å². The van der Waals surface area contributed by atoms with Gasteiger partial charge in [0.1, 0.15) is 0 Å². The zero-order chi connectivity index (χ0) is 12.1. The van der Waals surface area contributed by atoms with Gasteiger partial charge in [0.2, 0.25) is 0 Å². The molecule has 0 heterocycles. The number of esters is 1. The van der Waals surface area contributed by atoms with Gasteiger partial charge in [-0.05, 0) is 6.92 Å². The molecular weight excluding hydrogens is 222 g/mol. The molecule has 1 unspecified atom stereocenters. The first-order valence-corrected chi connectivity index (χ1v) is 4.15. The second kappa shape index (κ2) is 6.75. The monoisotopic (exact) mass is 237 g/mol. The summed E-state index contributed by atoms with van der Waals surface area (Å²) < 4.78 is 4.41. The molecule has 0 radical (unpaired) electrons. The van der Waals surface area contributed by atoms with E-state index in [9.17, 15) is 19.5 Å². The summed E-state index contributed by atoms with van der Waals surface area (Å²) >= 11 is 0. The summed E-state index contributed by atoms with van der Waals surface area (Å²) in [6, 6.07) is 0. The smallest absolute Gasteiger partial charge is 0.336 e. The summed E-state index contributed by atoms with van der Waals surface area (Å²) in [7, 11) is 0. The molecule has 0 saturated heterocycles. The van der Waals surface area contributed by atoms with Gasteiger partial charge in [-0.25, -0.2) is 4.79 Å². The average Bonchev–Trinajstić information content (AvgIpc) is 2.01. The molecule has 0 amide bonds. The van der Waals surface area contributed by atoms with E-state index >= 15 is 0 Å². The minimum Gasteiger partial charge on any atom is -0.481 e. The fourth-order valence-electron chi connectivity index (χ4n) is 0.915. The molecule has 1 atom stereocenters. The van der Waals surface area contributed by atoms with Gasteiger partial charge in [0.15, 0.2) is 5.60 Å². The van der Waals surface area contributed by atoms with Crippen molar-refractivity contribution in [2.75, 3.05) is 6.61 Å². The number of ether oxygens (including phenoxy) is 1. The van der Waals surface area contributed by atoms with Gasteiger partial charge >= 0.3 is 17.9 Å². The number of hydrogen-bond acceptors (Lipinski definition) is 6. The van der Waals surface area contributed by atoms with E-state index < -0.39 is 36.4 Å². The van der Waals surface area contributed by atoms with Gasteiger partial charge in [0, 0.05) is 0 Å². The van der Waals surface area contributed by atoms with Gasteiger partial charge in [0.05, 0.1) is 19.4 Å². The maximum absolute atomic E-state index is 10.9. The Morgan fingerprint density at radius 3 is 2.00 bits per heavy atom. The molecule has 0 rings (SSSR count). The van der Waals surface area contributed by atoms with Crippen LogP contribution in [0.3, 0.4) is 0 Å². The summed E-state index contributed by atoms with van der Waals surface area (Å²) in [5.74, 6) is -4.23. The Balaban J connectivity index is 0. The van der Waals surface area contributed by atoms with Crippen molar-refractivity contribution < 1.29 is 34.4 Å². The van der Waals surface area contributed by atoms with Crippen LogP contribution in [0, 0.1) is 0 Å². The van der Waals surface area contributed by atoms with Crippen LogP contribution in [0.2, 0.25) is 0 Å². The van der Waals surface area contributed by atoms with Crippen LogP contribution >= 0.6 is 0 Å². The van der Waals surface area contributed by atoms with E-state index in [4.69, 9.17) is 10.2 Å². The summed E-state index contributed by atoms with van der Waals surface area (Å²) in [6.45, 7) is 1.54. The fraction of sp³-hybridized carbons (Fsp3) is 0.625. The number of aliphatic carboxylic acids is 2. The van der Waals surface area contributed by atoms with Crippen molar-refractivity contribution in [1.82, 2.24) is 6.15 Å². The average molecular weight is 237 g/mol. The minimum absolute atomic E-state index is 0. The zero-order valence-electron chi connectivity index (χ0n) is 8.80. The Hall–Kier alpha value is -1.67. The Morgan fingerprint density at radius 2 is 1.69 bits per heavy atom. The molecule has 0 bridgehead atoms. The highest BCUT2D eigenvalue weighted by Gasteiger charge is 2.41. The van der Waals surface area contributed by atoms with E-state index in [0.29, 0.717) is 0 Å². The molecule has 0 aliphatic rings. The Morgan fingerprint density at radius 1 is 1.19 bits per heavy atom. The molecule has 6 N–H and O–H groups in total. The second-order valence-corrected chi connectivity index (χ2v) is 2.89. The third-order valence-electron chi connectivity index (χ3n) is 1.58. The molecule has 0 aliphatic carbocycles. The lowest BCUT2D eigenvalue weighted by molar-refractivity contribution is -0.171. The van der Waals surface area contributed by atoms with Crippen molar-refractivity contribution in [3.63, 3.8) is 0 Å². The molecule has 0 saturated carbocycles. The molecule has 0 aromatic carbocycles. The predicted octanol–water partition coefficient (Wildman–Crippen LogP) is -0.608. The largest absolute Gasteiger partial charge is 0.481 e. The third-order valence-corrected chi connectivity index (χ3v) is 1.58. The zero-order valence-corrected chi connectivity index (χ0v) is 8.80. The topological polar surface area (TPSA) is 156 Å². The van der Waals surface area contributed by atoms with E-state index in [0.717, 1.165) is 0 Å². The van der Waals surface area contributed by atoms with E-state index in [1.807, 2.05) is 0 Å². The first kappa shape index (κ1) is 16.7. The second-order valence-electron chi connectivity index (χ2n) is 2.89. The van der Waals surface area contributed by atoms with Gasteiger partial charge in [-0.1, -0.05) is 0 Å². The molecule has 94 valence electrons. The third kappa shape index (κ3) is 5.27. The van der Waals surface area contributed by atoms with Gasteiger partial charge in [-0.15, -0.1) is 0 Å². The van der Waals surface area contributed by atoms with Crippen LogP contribution in [0.5, 0.6) is 0 Å². The van der Waals surface area contributed by atoms with Crippen molar-refractivity contribution in [2.45, 2.75) is 25.4 Å². The van der Waals surface area contributed by atoms with E-state index in [1.54, 1.807) is 0 Å². The molecule has 16 heavy (non-hydrogen) atoms. The van der Waals surface area contributed by atoms with E-state index in [2.05, 4.69) is 4.74 Å².